The summed E-state index contributed by atoms with van der Waals surface area (Å²) in [6.07, 6.45) is 4.44. The summed E-state index contributed by atoms with van der Waals surface area (Å²) in [6.45, 7) is 2.04. The number of amides is 1. The Labute approximate surface area is 126 Å². The largest absolute Gasteiger partial charge is 0.369 e. The number of sulfonamides is 1. The number of carbonyl (C=O) groups is 1. The van der Waals surface area contributed by atoms with Crippen molar-refractivity contribution in [2.45, 2.75) is 31.7 Å². The molecule has 8 nitrogen and oxygen atoms in total. The third-order valence-corrected chi connectivity index (χ3v) is 3.87. The van der Waals surface area contributed by atoms with Crippen molar-refractivity contribution in [1.82, 2.24) is 14.9 Å². The van der Waals surface area contributed by atoms with E-state index in [1.165, 1.54) is 0 Å². The molecule has 9 heteroatoms. The molecule has 1 aliphatic rings. The van der Waals surface area contributed by atoms with Crippen molar-refractivity contribution in [3.63, 3.8) is 0 Å². The van der Waals surface area contributed by atoms with Crippen molar-refractivity contribution in [1.29, 1.82) is 0 Å². The number of nitrogens with zero attached hydrogens (tertiary/aromatic N) is 2. The Hall–Kier alpha value is -1.35. The normalized spacial score (nSPS) is 17.8. The third-order valence-electron chi connectivity index (χ3n) is 3.29. The first-order chi connectivity index (χ1) is 9.83. The molecule has 0 saturated carbocycles. The second-order valence-electron chi connectivity index (χ2n) is 5.16. The smallest absolute Gasteiger partial charge is 0.239 e. The fourth-order valence-corrected chi connectivity index (χ4v) is 2.71. The van der Waals surface area contributed by atoms with Crippen LogP contribution in [0.1, 0.15) is 25.7 Å². The quantitative estimate of drug-likeness (QED) is 0.311. The van der Waals surface area contributed by atoms with Gasteiger partial charge in [0.2, 0.25) is 21.9 Å². The number of aliphatic imine (C=N–C) groups is 1. The number of likely N-dealkylation sites (tertiary alicyclic amines) is 1. The Morgan fingerprint density at radius 3 is 2.52 bits per heavy atom. The molecule has 1 amide bonds. The van der Waals surface area contributed by atoms with Crippen LogP contribution in [-0.2, 0) is 14.8 Å². The van der Waals surface area contributed by atoms with Crippen LogP contribution in [0.25, 0.3) is 0 Å². The highest BCUT2D eigenvalue weighted by atomic mass is 32.2. The van der Waals surface area contributed by atoms with Crippen LogP contribution in [-0.4, -0.2) is 64.2 Å². The van der Waals surface area contributed by atoms with E-state index in [0.717, 1.165) is 32.2 Å². The van der Waals surface area contributed by atoms with Crippen molar-refractivity contribution < 1.29 is 13.2 Å². The highest BCUT2D eigenvalue weighted by Gasteiger charge is 2.24. The Morgan fingerprint density at radius 2 is 2.00 bits per heavy atom. The van der Waals surface area contributed by atoms with Crippen LogP contribution < -0.4 is 15.8 Å². The molecule has 122 valence electrons. The van der Waals surface area contributed by atoms with Gasteiger partial charge in [-0.3, -0.25) is 14.5 Å². The molecule has 1 saturated heterocycles. The Kier molecular flexibility index (Phi) is 6.90. The van der Waals surface area contributed by atoms with Crippen molar-refractivity contribution in [2.24, 2.45) is 10.7 Å². The zero-order valence-corrected chi connectivity index (χ0v) is 13.4. The summed E-state index contributed by atoms with van der Waals surface area (Å²) in [5.74, 6) is 0.00518. The number of carbonyl (C=O) groups excluding carboxylic acids is 1. The van der Waals surface area contributed by atoms with E-state index in [1.54, 1.807) is 7.05 Å². The van der Waals surface area contributed by atoms with E-state index in [4.69, 9.17) is 5.73 Å². The molecule has 21 heavy (non-hydrogen) atoms. The lowest BCUT2D eigenvalue weighted by Gasteiger charge is -2.22. The summed E-state index contributed by atoms with van der Waals surface area (Å²) in [4.78, 5) is 18.0. The average Bonchev–Trinajstić information content (AvgIpc) is 2.90. The second-order valence-corrected chi connectivity index (χ2v) is 6.91. The van der Waals surface area contributed by atoms with Gasteiger partial charge in [-0.25, -0.2) is 8.42 Å². The first kappa shape index (κ1) is 17.7. The maximum Gasteiger partial charge on any atom is 0.239 e. The monoisotopic (exact) mass is 319 g/mol. The topological polar surface area (TPSA) is 117 Å². The molecule has 0 unspecified atom stereocenters. The Bertz CT molecular complexity index is 471. The van der Waals surface area contributed by atoms with Crippen LogP contribution in [0, 0.1) is 0 Å². The molecule has 0 aromatic carbocycles. The van der Waals surface area contributed by atoms with Crippen LogP contribution >= 0.6 is 0 Å². The van der Waals surface area contributed by atoms with E-state index in [1.807, 2.05) is 4.90 Å². The van der Waals surface area contributed by atoms with Crippen molar-refractivity contribution in [2.75, 3.05) is 32.9 Å². The highest BCUT2D eigenvalue weighted by Crippen LogP contribution is 2.11. The standard InChI is InChI=1S/C12H25N5O3S/c1-14-10(11(18)17-8-3-4-9-17)6-5-7-15-12(13)16-21(2,19)20/h10,14H,3-9H2,1-2H3,(H3,13,15,16)/t10-/m0/s1. The van der Waals surface area contributed by atoms with Gasteiger partial charge in [0.1, 0.15) is 0 Å². The molecule has 0 aromatic rings. The van der Waals surface area contributed by atoms with E-state index in [-0.39, 0.29) is 17.9 Å². The summed E-state index contributed by atoms with van der Waals surface area (Å²) >= 11 is 0. The van der Waals surface area contributed by atoms with Crippen LogP contribution in [0.2, 0.25) is 0 Å². The van der Waals surface area contributed by atoms with Gasteiger partial charge in [0.25, 0.3) is 0 Å². The van der Waals surface area contributed by atoms with Gasteiger partial charge in [-0.05, 0) is 32.7 Å². The van der Waals surface area contributed by atoms with Gasteiger partial charge in [0.05, 0.1) is 12.3 Å². The maximum atomic E-state index is 12.2. The number of nitrogens with two attached hydrogens (primary N) is 1. The fourth-order valence-electron chi connectivity index (χ4n) is 2.27. The van der Waals surface area contributed by atoms with Crippen LogP contribution in [0.5, 0.6) is 0 Å². The molecule has 1 fully saturated rings. The third kappa shape index (κ3) is 6.76. The number of guanidine groups is 1. The van der Waals surface area contributed by atoms with Crippen molar-refractivity contribution in [3.05, 3.63) is 0 Å². The van der Waals surface area contributed by atoms with E-state index < -0.39 is 10.0 Å². The molecule has 1 atom stereocenters. The van der Waals surface area contributed by atoms with Crippen molar-refractivity contribution in [3.8, 4) is 0 Å². The van der Waals surface area contributed by atoms with Gasteiger partial charge in [-0.2, -0.15) is 0 Å². The second kappa shape index (κ2) is 8.18. The first-order valence-corrected chi connectivity index (χ1v) is 8.96. The maximum absolute atomic E-state index is 12.2. The summed E-state index contributed by atoms with van der Waals surface area (Å²) in [5.41, 5.74) is 5.44. The van der Waals surface area contributed by atoms with Crippen LogP contribution in [0.15, 0.2) is 4.99 Å². The van der Waals surface area contributed by atoms with E-state index in [2.05, 4.69) is 15.0 Å². The van der Waals surface area contributed by atoms with Gasteiger partial charge in [0.15, 0.2) is 0 Å². The number of hydrogen-bond donors (Lipinski definition) is 3. The van der Waals surface area contributed by atoms with Crippen LogP contribution in [0.4, 0.5) is 0 Å². The van der Waals surface area contributed by atoms with Gasteiger partial charge in [0, 0.05) is 19.6 Å². The number of likely N-dealkylation sites (N-methyl/N-ethyl adjacent to an activating group) is 1. The minimum atomic E-state index is -3.38. The van der Waals surface area contributed by atoms with Crippen molar-refractivity contribution >= 4 is 21.9 Å². The molecule has 0 radical (unpaired) electrons. The lowest BCUT2D eigenvalue weighted by molar-refractivity contribution is -0.132. The summed E-state index contributed by atoms with van der Waals surface area (Å²) in [7, 11) is -1.62. The minimum absolute atomic E-state index is 0.121. The fraction of sp³-hybridized carbons (Fsp3) is 0.833. The SMILES string of the molecule is CN[C@@H](CCCN=C(N)NS(C)(=O)=O)C(=O)N1CCCC1. The molecule has 0 aromatic heterocycles. The van der Waals surface area contributed by atoms with Gasteiger partial charge < -0.3 is 16.0 Å². The molecule has 1 aliphatic heterocycles. The zero-order valence-electron chi connectivity index (χ0n) is 12.6. The van der Waals surface area contributed by atoms with E-state index in [9.17, 15) is 13.2 Å². The van der Waals surface area contributed by atoms with E-state index >= 15 is 0 Å². The molecule has 1 heterocycles. The summed E-state index contributed by atoms with van der Waals surface area (Å²) in [5, 5.41) is 3.02. The summed E-state index contributed by atoms with van der Waals surface area (Å²) in [6, 6.07) is -0.220. The Morgan fingerprint density at radius 1 is 1.38 bits per heavy atom. The molecule has 0 bridgehead atoms. The highest BCUT2D eigenvalue weighted by molar-refractivity contribution is 7.89. The van der Waals surface area contributed by atoms with Gasteiger partial charge in [-0.15, -0.1) is 0 Å². The molecule has 0 aliphatic carbocycles. The van der Waals surface area contributed by atoms with Crippen LogP contribution in [0.3, 0.4) is 0 Å². The zero-order chi connectivity index (χ0) is 15.9. The number of rotatable bonds is 7. The average molecular weight is 319 g/mol. The molecule has 1 rings (SSSR count). The molecular weight excluding hydrogens is 294 g/mol. The summed E-state index contributed by atoms with van der Waals surface area (Å²) < 4.78 is 24.0. The number of hydrogen-bond acceptors (Lipinski definition) is 5. The Balaban J connectivity index is 2.35. The lowest BCUT2D eigenvalue weighted by Crippen LogP contribution is -2.44. The molecule has 0 spiro atoms. The lowest BCUT2D eigenvalue weighted by atomic mass is 10.1. The predicted octanol–water partition coefficient (Wildman–Crippen LogP) is -1.16. The van der Waals surface area contributed by atoms with Gasteiger partial charge >= 0.3 is 0 Å². The molecule has 4 N–H and O–H groups in total. The molecular formula is C12H25N5O3S. The van der Waals surface area contributed by atoms with E-state index in [0.29, 0.717) is 19.4 Å². The predicted molar refractivity (Wildman–Crippen MR) is 82.4 cm³/mol. The first-order valence-electron chi connectivity index (χ1n) is 7.07. The minimum Gasteiger partial charge on any atom is -0.369 e. The number of nitrogens with one attached hydrogen (secondary N) is 2. The van der Waals surface area contributed by atoms with Gasteiger partial charge in [-0.1, -0.05) is 0 Å².